The van der Waals surface area contributed by atoms with E-state index < -0.39 is 0 Å². The van der Waals surface area contributed by atoms with Gasteiger partial charge < -0.3 is 23.4 Å². The van der Waals surface area contributed by atoms with Crippen molar-refractivity contribution in [3.05, 3.63) is 121 Å². The summed E-state index contributed by atoms with van der Waals surface area (Å²) >= 11 is 0. The SMILES string of the molecule is c1ccc2c(c1)CCCO2.c1ccc2c(c1)CCO2.c1ccc2c(c1)OCCO2.c1ccc2occc2c1. The molecule has 5 nitrogen and oxygen atoms in total. The quantitative estimate of drug-likeness (QED) is 0.216. The number of ether oxygens (including phenoxy) is 4. The van der Waals surface area contributed by atoms with Crippen molar-refractivity contribution in [3.8, 4) is 23.0 Å². The van der Waals surface area contributed by atoms with Gasteiger partial charge in [0.25, 0.3) is 0 Å². The number of hydrogen-bond donors (Lipinski definition) is 0. The van der Waals surface area contributed by atoms with Gasteiger partial charge in [0.1, 0.15) is 30.3 Å². The van der Waals surface area contributed by atoms with Crippen LogP contribution in [0.5, 0.6) is 23.0 Å². The van der Waals surface area contributed by atoms with E-state index in [0.29, 0.717) is 13.2 Å². The standard InChI is InChI=1S/C9H10O.C8H8O2.C8H8O.C8H6O/c1-2-6-9-8(4-1)5-3-7-10-9;1-2-4-8-7(3-1)9-5-6-10-8;2*1-2-4-8-7(3-1)5-6-9-8/h1-2,4,6H,3,5,7H2;1-4H,5-6H2;1-4H,5-6H2;1-6H. The monoisotopic (exact) mass is 508 g/mol. The second-order valence-electron chi connectivity index (χ2n) is 8.87. The molecule has 4 aromatic carbocycles. The Morgan fingerprint density at radius 1 is 0.421 bits per heavy atom. The molecule has 194 valence electrons. The molecule has 3 aliphatic heterocycles. The number of benzene rings is 4. The maximum absolute atomic E-state index is 5.42. The number of para-hydroxylation sites is 5. The van der Waals surface area contributed by atoms with Crippen LogP contribution >= 0.6 is 0 Å². The third kappa shape index (κ3) is 6.88. The van der Waals surface area contributed by atoms with Crippen molar-refractivity contribution >= 4 is 11.0 Å². The molecule has 8 rings (SSSR count). The van der Waals surface area contributed by atoms with Crippen LogP contribution in [0.25, 0.3) is 11.0 Å². The molecule has 0 N–H and O–H groups in total. The normalized spacial score (nSPS) is 13.9. The molecular weight excluding hydrogens is 476 g/mol. The van der Waals surface area contributed by atoms with Crippen molar-refractivity contribution in [3.63, 3.8) is 0 Å². The first-order valence-electron chi connectivity index (χ1n) is 13.0. The third-order valence-electron chi connectivity index (χ3n) is 6.23. The van der Waals surface area contributed by atoms with Crippen LogP contribution in [-0.2, 0) is 12.8 Å². The number of rotatable bonds is 0. The summed E-state index contributed by atoms with van der Waals surface area (Å²) in [6.45, 7) is 3.07. The fraction of sp³-hybridized carbons (Fsp3) is 0.212. The molecule has 1 aromatic heterocycles. The largest absolute Gasteiger partial charge is 0.493 e. The lowest BCUT2D eigenvalue weighted by atomic mass is 10.1. The van der Waals surface area contributed by atoms with Crippen LogP contribution in [0.2, 0.25) is 0 Å². The Balaban J connectivity index is 0.000000103. The number of furan rings is 1. The first-order valence-corrected chi connectivity index (χ1v) is 13.0. The predicted octanol–water partition coefficient (Wildman–Crippen LogP) is 7.52. The number of aryl methyl sites for hydroxylation is 1. The van der Waals surface area contributed by atoms with E-state index in [2.05, 4.69) is 18.2 Å². The topological polar surface area (TPSA) is 50.1 Å². The number of hydrogen-bond acceptors (Lipinski definition) is 5. The lowest BCUT2D eigenvalue weighted by molar-refractivity contribution is 0.171. The van der Waals surface area contributed by atoms with E-state index >= 15 is 0 Å². The van der Waals surface area contributed by atoms with Crippen LogP contribution in [0.4, 0.5) is 0 Å². The van der Waals surface area contributed by atoms with Crippen LogP contribution < -0.4 is 18.9 Å². The highest BCUT2D eigenvalue weighted by molar-refractivity contribution is 5.76. The van der Waals surface area contributed by atoms with Gasteiger partial charge in [-0.2, -0.15) is 0 Å². The minimum Gasteiger partial charge on any atom is -0.493 e. The maximum atomic E-state index is 5.42. The lowest BCUT2D eigenvalue weighted by Gasteiger charge is -2.17. The average molecular weight is 509 g/mol. The first-order chi connectivity index (χ1) is 18.9. The van der Waals surface area contributed by atoms with Crippen LogP contribution in [0.1, 0.15) is 17.5 Å². The minimum atomic E-state index is 0.664. The van der Waals surface area contributed by atoms with E-state index in [-0.39, 0.29) is 0 Å². The van der Waals surface area contributed by atoms with Gasteiger partial charge in [-0.3, -0.25) is 0 Å². The molecule has 38 heavy (non-hydrogen) atoms. The summed E-state index contributed by atoms with van der Waals surface area (Å²) < 4.78 is 26.4. The highest BCUT2D eigenvalue weighted by Gasteiger charge is 2.09. The Kier molecular flexibility index (Phi) is 8.81. The summed E-state index contributed by atoms with van der Waals surface area (Å²) in [5.41, 5.74) is 3.66. The van der Waals surface area contributed by atoms with E-state index in [4.69, 9.17) is 23.4 Å². The molecule has 0 spiro atoms. The minimum absolute atomic E-state index is 0.664. The molecule has 0 bridgehead atoms. The van der Waals surface area contributed by atoms with E-state index in [9.17, 15) is 0 Å². The summed E-state index contributed by atoms with van der Waals surface area (Å²) in [6.07, 6.45) is 5.12. The Labute approximate surface area is 223 Å². The van der Waals surface area contributed by atoms with Crippen molar-refractivity contribution in [2.75, 3.05) is 26.4 Å². The van der Waals surface area contributed by atoms with Crippen molar-refractivity contribution in [2.24, 2.45) is 0 Å². The molecule has 0 fully saturated rings. The van der Waals surface area contributed by atoms with Crippen LogP contribution in [-0.4, -0.2) is 26.4 Å². The summed E-state index contributed by atoms with van der Waals surface area (Å²) in [6, 6.07) is 34.0. The molecule has 5 aromatic rings. The van der Waals surface area contributed by atoms with Crippen LogP contribution in [0.15, 0.2) is 114 Å². The van der Waals surface area contributed by atoms with Crippen molar-refractivity contribution in [1.29, 1.82) is 0 Å². The van der Waals surface area contributed by atoms with Gasteiger partial charge in [0.15, 0.2) is 11.5 Å². The Bertz CT molecular complexity index is 1270. The van der Waals surface area contributed by atoms with Gasteiger partial charge in [0.2, 0.25) is 0 Å². The first kappa shape index (κ1) is 25.3. The van der Waals surface area contributed by atoms with E-state index in [1.807, 2.05) is 84.9 Å². The number of fused-ring (bicyclic) bond motifs is 4. The molecule has 0 unspecified atom stereocenters. The fourth-order valence-electron chi connectivity index (χ4n) is 4.32. The maximum Gasteiger partial charge on any atom is 0.161 e. The van der Waals surface area contributed by atoms with Gasteiger partial charge in [-0.1, -0.05) is 66.7 Å². The van der Waals surface area contributed by atoms with E-state index in [1.165, 1.54) is 17.5 Å². The smallest absolute Gasteiger partial charge is 0.161 e. The van der Waals surface area contributed by atoms with Gasteiger partial charge in [-0.25, -0.2) is 0 Å². The molecule has 4 heterocycles. The lowest BCUT2D eigenvalue weighted by Crippen LogP contribution is -2.14. The third-order valence-corrected chi connectivity index (χ3v) is 6.23. The van der Waals surface area contributed by atoms with E-state index in [0.717, 1.165) is 60.0 Å². The Hall–Kier alpha value is -4.38. The molecule has 0 saturated heterocycles. The molecule has 0 saturated carbocycles. The molecule has 0 atom stereocenters. The van der Waals surface area contributed by atoms with Gasteiger partial charge in [-0.15, -0.1) is 0 Å². The summed E-state index contributed by atoms with van der Waals surface area (Å²) in [5, 5.41) is 1.16. The second-order valence-corrected chi connectivity index (χ2v) is 8.87. The highest BCUT2D eigenvalue weighted by atomic mass is 16.6. The van der Waals surface area contributed by atoms with Crippen molar-refractivity contribution in [1.82, 2.24) is 0 Å². The zero-order valence-electron chi connectivity index (χ0n) is 21.4. The average Bonchev–Trinajstić information content (AvgIpc) is 3.68. The highest BCUT2D eigenvalue weighted by Crippen LogP contribution is 2.28. The zero-order chi connectivity index (χ0) is 25.8. The van der Waals surface area contributed by atoms with Gasteiger partial charge in [0, 0.05) is 11.8 Å². The molecule has 0 aliphatic carbocycles. The van der Waals surface area contributed by atoms with E-state index in [1.54, 1.807) is 6.26 Å². The molecule has 3 aliphatic rings. The predicted molar refractivity (Wildman–Crippen MR) is 150 cm³/mol. The van der Waals surface area contributed by atoms with Crippen molar-refractivity contribution in [2.45, 2.75) is 19.3 Å². The summed E-state index contributed by atoms with van der Waals surface area (Å²) in [4.78, 5) is 0. The van der Waals surface area contributed by atoms with Gasteiger partial charge in [-0.05, 0) is 60.4 Å². The van der Waals surface area contributed by atoms with Crippen molar-refractivity contribution < 1.29 is 23.4 Å². The fourth-order valence-corrected chi connectivity index (χ4v) is 4.32. The second kappa shape index (κ2) is 13.2. The molecular formula is C33H32O5. The molecule has 0 radical (unpaired) electrons. The zero-order valence-corrected chi connectivity index (χ0v) is 21.4. The summed E-state index contributed by atoms with van der Waals surface area (Å²) in [5.74, 6) is 3.86. The Morgan fingerprint density at radius 2 is 0.947 bits per heavy atom. The molecule has 5 heteroatoms. The Morgan fingerprint density at radius 3 is 1.58 bits per heavy atom. The van der Waals surface area contributed by atoms with Crippen LogP contribution in [0, 0.1) is 0 Å². The molecule has 0 amide bonds. The van der Waals surface area contributed by atoms with Crippen LogP contribution in [0.3, 0.4) is 0 Å². The van der Waals surface area contributed by atoms with Gasteiger partial charge in [0.05, 0.1) is 19.5 Å². The summed E-state index contributed by atoms with van der Waals surface area (Å²) in [7, 11) is 0. The van der Waals surface area contributed by atoms with Gasteiger partial charge >= 0.3 is 0 Å².